The zero-order valence-corrected chi connectivity index (χ0v) is 24.1. The molecule has 37 heavy (non-hydrogen) atoms. The molecule has 3 aromatic rings. The van der Waals surface area contributed by atoms with Crippen LogP contribution in [0.15, 0.2) is 41.3 Å². The molecule has 0 saturated heterocycles. The summed E-state index contributed by atoms with van der Waals surface area (Å²) >= 11 is 0. The van der Waals surface area contributed by atoms with Gasteiger partial charge in [-0.05, 0) is 63.1 Å². The lowest BCUT2D eigenvalue weighted by molar-refractivity contribution is 0.0545. The summed E-state index contributed by atoms with van der Waals surface area (Å²) in [6.07, 6.45) is 1.65. The minimum Gasteiger partial charge on any atom is -0.465 e. The molecule has 0 atom stereocenters. The van der Waals surface area contributed by atoms with Crippen LogP contribution >= 0.6 is 0 Å². The van der Waals surface area contributed by atoms with E-state index in [1.807, 2.05) is 25.1 Å². The lowest BCUT2D eigenvalue weighted by Gasteiger charge is -2.21. The van der Waals surface area contributed by atoms with Gasteiger partial charge in [-0.15, -0.1) is 0 Å². The van der Waals surface area contributed by atoms with E-state index in [4.69, 9.17) is 14.2 Å². The summed E-state index contributed by atoms with van der Waals surface area (Å²) in [5, 5.41) is 0.793. The highest BCUT2D eigenvalue weighted by molar-refractivity contribution is 6.76. The van der Waals surface area contributed by atoms with E-state index in [0.29, 0.717) is 17.8 Å². The fraction of sp³-hybridized carbons (Fsp3) is 0.464. The van der Waals surface area contributed by atoms with Crippen molar-refractivity contribution < 1.29 is 23.8 Å². The highest BCUT2D eigenvalue weighted by Crippen LogP contribution is 2.29. The lowest BCUT2D eigenvalue weighted by atomic mass is 10.1. The SMILES string of the molecule is CCc1ccc2c(c1)cc(-c1cc(C(=O)OC)cn(COCC[Si](C)(C)C)c1=O)n2C(=O)OC(C)(C)C. The molecule has 0 amide bonds. The molecule has 0 aliphatic carbocycles. The topological polar surface area (TPSA) is 88.8 Å². The molecular weight excluding hydrogens is 488 g/mol. The summed E-state index contributed by atoms with van der Waals surface area (Å²) in [5.74, 6) is -0.592. The first-order chi connectivity index (χ1) is 17.2. The number of methoxy groups -OCH3 is 1. The molecule has 0 fully saturated rings. The van der Waals surface area contributed by atoms with Crippen molar-refractivity contribution >= 4 is 31.0 Å². The Morgan fingerprint density at radius 3 is 2.35 bits per heavy atom. The summed E-state index contributed by atoms with van der Waals surface area (Å²) in [7, 11) is -0.0315. The molecular formula is C28H38N2O6Si. The molecule has 0 aliphatic rings. The van der Waals surface area contributed by atoms with Crippen LogP contribution in [0.2, 0.25) is 25.7 Å². The number of carbonyl (C=O) groups is 2. The number of nitrogens with zero attached hydrogens (tertiary/aromatic N) is 2. The van der Waals surface area contributed by atoms with E-state index in [-0.39, 0.29) is 23.4 Å². The van der Waals surface area contributed by atoms with Gasteiger partial charge in [0.1, 0.15) is 12.3 Å². The molecule has 2 aromatic heterocycles. The Morgan fingerprint density at radius 2 is 1.76 bits per heavy atom. The highest BCUT2D eigenvalue weighted by atomic mass is 28.3. The summed E-state index contributed by atoms with van der Waals surface area (Å²) in [6, 6.07) is 9.97. The van der Waals surface area contributed by atoms with Crippen LogP contribution in [0, 0.1) is 0 Å². The molecule has 0 aliphatic heterocycles. The molecule has 8 nitrogen and oxygen atoms in total. The van der Waals surface area contributed by atoms with Crippen molar-refractivity contribution in [2.75, 3.05) is 13.7 Å². The second-order valence-electron chi connectivity index (χ2n) is 11.3. The van der Waals surface area contributed by atoms with Gasteiger partial charge in [-0.3, -0.25) is 9.36 Å². The molecule has 0 saturated carbocycles. The molecule has 0 radical (unpaired) electrons. The number of hydrogen-bond donors (Lipinski definition) is 0. The van der Waals surface area contributed by atoms with E-state index in [9.17, 15) is 14.4 Å². The Hall–Kier alpha value is -3.17. The average molecular weight is 527 g/mol. The fourth-order valence-corrected chi connectivity index (χ4v) is 4.63. The molecule has 0 N–H and O–H groups in total. The maximum Gasteiger partial charge on any atom is 0.419 e. The third-order valence-corrected chi connectivity index (χ3v) is 7.56. The van der Waals surface area contributed by atoms with Crippen LogP contribution in [-0.2, 0) is 27.4 Å². The Labute approximate surface area is 219 Å². The van der Waals surface area contributed by atoms with Gasteiger partial charge in [0.05, 0.1) is 29.4 Å². The number of fused-ring (bicyclic) bond motifs is 1. The fourth-order valence-electron chi connectivity index (χ4n) is 3.87. The molecule has 0 unspecified atom stereocenters. The summed E-state index contributed by atoms with van der Waals surface area (Å²) < 4.78 is 19.2. The first-order valence-corrected chi connectivity index (χ1v) is 16.2. The normalized spacial score (nSPS) is 12.1. The highest BCUT2D eigenvalue weighted by Gasteiger charge is 2.25. The molecule has 0 bridgehead atoms. The number of aromatic nitrogens is 2. The van der Waals surface area contributed by atoms with Crippen LogP contribution in [-0.4, -0.2) is 48.6 Å². The Kier molecular flexibility index (Phi) is 8.49. The van der Waals surface area contributed by atoms with E-state index in [1.165, 1.54) is 28.5 Å². The van der Waals surface area contributed by atoms with Crippen LogP contribution in [0.25, 0.3) is 22.2 Å². The van der Waals surface area contributed by atoms with Crippen molar-refractivity contribution in [3.63, 3.8) is 0 Å². The number of aryl methyl sites for hydroxylation is 1. The van der Waals surface area contributed by atoms with Gasteiger partial charge in [0.2, 0.25) is 0 Å². The van der Waals surface area contributed by atoms with Crippen molar-refractivity contribution in [1.82, 2.24) is 9.13 Å². The number of benzene rings is 1. The molecule has 3 rings (SSSR count). The van der Waals surface area contributed by atoms with E-state index in [2.05, 4.69) is 19.6 Å². The van der Waals surface area contributed by atoms with Gasteiger partial charge in [0, 0.05) is 26.3 Å². The van der Waals surface area contributed by atoms with Crippen LogP contribution in [0.3, 0.4) is 0 Å². The second-order valence-corrected chi connectivity index (χ2v) is 17.0. The van der Waals surface area contributed by atoms with E-state index < -0.39 is 25.7 Å². The number of pyridine rings is 1. The Balaban J connectivity index is 2.20. The molecule has 1 aromatic carbocycles. The largest absolute Gasteiger partial charge is 0.465 e. The summed E-state index contributed by atoms with van der Waals surface area (Å²) in [6.45, 7) is 14.6. The van der Waals surface area contributed by atoms with E-state index in [0.717, 1.165) is 23.4 Å². The van der Waals surface area contributed by atoms with Crippen LogP contribution in [0.1, 0.15) is 43.6 Å². The van der Waals surface area contributed by atoms with Crippen LogP contribution < -0.4 is 5.56 Å². The van der Waals surface area contributed by atoms with Crippen molar-refractivity contribution in [2.45, 2.75) is 72.1 Å². The number of esters is 1. The smallest absolute Gasteiger partial charge is 0.419 e. The molecule has 2 heterocycles. The predicted molar refractivity (Wildman–Crippen MR) is 148 cm³/mol. The Morgan fingerprint density at radius 1 is 1.05 bits per heavy atom. The van der Waals surface area contributed by atoms with Gasteiger partial charge in [0.25, 0.3) is 5.56 Å². The maximum atomic E-state index is 13.7. The third-order valence-electron chi connectivity index (χ3n) is 5.86. The number of hydrogen-bond acceptors (Lipinski definition) is 6. The number of ether oxygens (including phenoxy) is 3. The van der Waals surface area contributed by atoms with Gasteiger partial charge in [-0.25, -0.2) is 14.2 Å². The summed E-state index contributed by atoms with van der Waals surface area (Å²) in [4.78, 5) is 39.5. The second kappa shape index (κ2) is 11.1. The van der Waals surface area contributed by atoms with Gasteiger partial charge in [-0.2, -0.15) is 0 Å². The standard InChI is InChI=1S/C28H38N2O6Si/c1-9-19-10-11-23-20(14-19)16-24(30(23)27(33)36-28(2,3)4)22-15-21(26(32)34-5)17-29(25(22)31)18-35-12-13-37(6,7)8/h10-11,14-17H,9,12-13,18H2,1-8H3. The minimum absolute atomic E-state index is 0.0200. The molecule has 9 heteroatoms. The zero-order valence-electron chi connectivity index (χ0n) is 23.1. The minimum atomic E-state index is -1.32. The third kappa shape index (κ3) is 6.99. The van der Waals surface area contributed by atoms with Gasteiger partial charge in [-0.1, -0.05) is 32.6 Å². The van der Waals surface area contributed by atoms with E-state index in [1.54, 1.807) is 26.8 Å². The van der Waals surface area contributed by atoms with Gasteiger partial charge >= 0.3 is 12.1 Å². The van der Waals surface area contributed by atoms with Crippen molar-refractivity contribution in [2.24, 2.45) is 0 Å². The van der Waals surface area contributed by atoms with Gasteiger partial charge < -0.3 is 14.2 Å². The first kappa shape index (κ1) is 28.4. The first-order valence-electron chi connectivity index (χ1n) is 12.5. The molecule has 0 spiro atoms. The number of carbonyl (C=O) groups excluding carboxylic acids is 2. The average Bonchev–Trinajstić information content (AvgIpc) is 3.19. The zero-order chi connectivity index (χ0) is 27.5. The van der Waals surface area contributed by atoms with Gasteiger partial charge in [0.15, 0.2) is 0 Å². The van der Waals surface area contributed by atoms with Crippen LogP contribution in [0.4, 0.5) is 4.79 Å². The quantitative estimate of drug-likeness (QED) is 0.206. The van der Waals surface area contributed by atoms with Crippen LogP contribution in [0.5, 0.6) is 0 Å². The number of rotatable bonds is 8. The van der Waals surface area contributed by atoms with Crippen molar-refractivity contribution in [1.29, 1.82) is 0 Å². The maximum absolute atomic E-state index is 13.7. The van der Waals surface area contributed by atoms with Crippen molar-refractivity contribution in [3.05, 3.63) is 58.0 Å². The van der Waals surface area contributed by atoms with E-state index >= 15 is 0 Å². The lowest BCUT2D eigenvalue weighted by Crippen LogP contribution is -2.29. The monoisotopic (exact) mass is 526 g/mol. The Bertz CT molecular complexity index is 1360. The summed E-state index contributed by atoms with van der Waals surface area (Å²) in [5.41, 5.74) is 1.28. The molecule has 200 valence electrons. The predicted octanol–water partition coefficient (Wildman–Crippen LogP) is 5.91. The van der Waals surface area contributed by atoms with Crippen molar-refractivity contribution in [3.8, 4) is 11.3 Å².